The van der Waals surface area contributed by atoms with Gasteiger partial charge in [-0.05, 0) is 18.5 Å². The number of benzene rings is 1. The van der Waals surface area contributed by atoms with Crippen LogP contribution in [-0.2, 0) is 0 Å². The Balaban J connectivity index is 1.88. The van der Waals surface area contributed by atoms with Gasteiger partial charge < -0.3 is 10.1 Å². The Morgan fingerprint density at radius 2 is 1.86 bits per heavy atom. The lowest BCUT2D eigenvalue weighted by Crippen LogP contribution is -2.21. The van der Waals surface area contributed by atoms with Gasteiger partial charge in [-0.1, -0.05) is 53.5 Å². The Labute approximate surface area is 134 Å². The second-order valence-electron chi connectivity index (χ2n) is 5.15. The van der Waals surface area contributed by atoms with Crippen molar-refractivity contribution in [2.45, 2.75) is 12.5 Å². The number of hydrogen-bond donors (Lipinski definition) is 1. The number of nitrogens with zero attached hydrogens (tertiary/aromatic N) is 1. The molecule has 0 spiro atoms. The average Bonchev–Trinajstić information content (AvgIpc) is 2.98. The Bertz CT molecular complexity index is 580. The summed E-state index contributed by atoms with van der Waals surface area (Å²) in [7, 11) is 0. The van der Waals surface area contributed by atoms with Crippen molar-refractivity contribution in [1.29, 1.82) is 0 Å². The highest BCUT2D eigenvalue weighted by Crippen LogP contribution is 2.33. The van der Waals surface area contributed by atoms with Crippen molar-refractivity contribution in [1.82, 2.24) is 10.3 Å². The molecule has 0 aliphatic carbocycles. The molecule has 0 radical (unpaired) electrons. The van der Waals surface area contributed by atoms with Crippen LogP contribution in [0.3, 0.4) is 0 Å². The SMILES string of the molecule is Clc1cc(OC(c2ccccc2)C2CCNC2)cc(Cl)n1. The first kappa shape index (κ1) is 14.6. The van der Waals surface area contributed by atoms with E-state index in [1.807, 2.05) is 18.2 Å². The third kappa shape index (κ3) is 3.67. The number of ether oxygens (including phenoxy) is 1. The molecule has 0 amide bonds. The normalized spacial score (nSPS) is 19.4. The maximum atomic E-state index is 6.20. The van der Waals surface area contributed by atoms with E-state index in [0.717, 1.165) is 25.1 Å². The summed E-state index contributed by atoms with van der Waals surface area (Å²) in [5.74, 6) is 1.08. The van der Waals surface area contributed by atoms with Gasteiger partial charge in [-0.3, -0.25) is 0 Å². The van der Waals surface area contributed by atoms with Gasteiger partial charge in [-0.25, -0.2) is 4.98 Å². The predicted molar refractivity (Wildman–Crippen MR) is 85.0 cm³/mol. The number of nitrogens with one attached hydrogen (secondary N) is 1. The first-order valence-electron chi connectivity index (χ1n) is 6.98. The smallest absolute Gasteiger partial charge is 0.134 e. The van der Waals surface area contributed by atoms with E-state index in [2.05, 4.69) is 22.4 Å². The average molecular weight is 323 g/mol. The van der Waals surface area contributed by atoms with Gasteiger partial charge >= 0.3 is 0 Å². The summed E-state index contributed by atoms with van der Waals surface area (Å²) in [6.07, 6.45) is 1.07. The van der Waals surface area contributed by atoms with Crippen LogP contribution in [0.1, 0.15) is 18.1 Å². The van der Waals surface area contributed by atoms with Crippen LogP contribution in [0.2, 0.25) is 10.3 Å². The summed E-state index contributed by atoms with van der Waals surface area (Å²) < 4.78 is 6.20. The predicted octanol–water partition coefficient (Wildman–Crippen LogP) is 4.12. The van der Waals surface area contributed by atoms with Gasteiger partial charge in [-0.2, -0.15) is 0 Å². The van der Waals surface area contributed by atoms with Crippen LogP contribution in [0.25, 0.3) is 0 Å². The highest BCUT2D eigenvalue weighted by Gasteiger charge is 2.28. The summed E-state index contributed by atoms with van der Waals surface area (Å²) in [6, 6.07) is 13.6. The van der Waals surface area contributed by atoms with Gasteiger partial charge in [0.25, 0.3) is 0 Å². The van der Waals surface area contributed by atoms with Crippen molar-refractivity contribution in [3.63, 3.8) is 0 Å². The van der Waals surface area contributed by atoms with Crippen LogP contribution in [-0.4, -0.2) is 18.1 Å². The van der Waals surface area contributed by atoms with E-state index in [9.17, 15) is 0 Å². The second kappa shape index (κ2) is 6.65. The monoisotopic (exact) mass is 322 g/mol. The van der Waals surface area contributed by atoms with E-state index < -0.39 is 0 Å². The fourth-order valence-electron chi connectivity index (χ4n) is 2.67. The Morgan fingerprint density at radius 3 is 2.48 bits per heavy atom. The van der Waals surface area contributed by atoms with Gasteiger partial charge in [0.2, 0.25) is 0 Å². The minimum absolute atomic E-state index is 0.0178. The number of aromatic nitrogens is 1. The third-order valence-electron chi connectivity index (χ3n) is 3.65. The molecule has 5 heteroatoms. The van der Waals surface area contributed by atoms with Crippen LogP contribution >= 0.6 is 23.2 Å². The molecule has 1 aromatic carbocycles. The summed E-state index contributed by atoms with van der Waals surface area (Å²) in [4.78, 5) is 3.95. The maximum Gasteiger partial charge on any atom is 0.134 e. The van der Waals surface area contributed by atoms with Crippen molar-refractivity contribution >= 4 is 23.2 Å². The van der Waals surface area contributed by atoms with Crippen molar-refractivity contribution < 1.29 is 4.74 Å². The first-order chi connectivity index (χ1) is 10.2. The second-order valence-corrected chi connectivity index (χ2v) is 5.92. The molecular weight excluding hydrogens is 307 g/mol. The molecule has 1 saturated heterocycles. The lowest BCUT2D eigenvalue weighted by atomic mass is 9.95. The minimum Gasteiger partial charge on any atom is -0.485 e. The molecule has 0 saturated carbocycles. The fourth-order valence-corrected chi connectivity index (χ4v) is 3.11. The van der Waals surface area contributed by atoms with Crippen LogP contribution in [0.5, 0.6) is 5.75 Å². The standard InChI is InChI=1S/C16H16Cl2N2O/c17-14-8-13(9-15(18)20-14)21-16(12-6-7-19-10-12)11-4-2-1-3-5-11/h1-5,8-9,12,16,19H,6-7,10H2. The molecule has 2 unspecified atom stereocenters. The van der Waals surface area contributed by atoms with E-state index in [4.69, 9.17) is 27.9 Å². The molecule has 3 nitrogen and oxygen atoms in total. The zero-order chi connectivity index (χ0) is 14.7. The highest BCUT2D eigenvalue weighted by atomic mass is 35.5. The molecule has 1 fully saturated rings. The van der Waals surface area contributed by atoms with Crippen molar-refractivity contribution in [3.8, 4) is 5.75 Å². The highest BCUT2D eigenvalue weighted by molar-refractivity contribution is 6.32. The zero-order valence-electron chi connectivity index (χ0n) is 11.4. The third-order valence-corrected chi connectivity index (χ3v) is 4.04. The summed E-state index contributed by atoms with van der Waals surface area (Å²) >= 11 is 11.9. The van der Waals surface area contributed by atoms with Gasteiger partial charge in [0.05, 0.1) is 0 Å². The summed E-state index contributed by atoms with van der Waals surface area (Å²) in [5, 5.41) is 4.07. The molecule has 110 valence electrons. The number of rotatable bonds is 4. The fraction of sp³-hybridized carbons (Fsp3) is 0.312. The van der Waals surface area contributed by atoms with Gasteiger partial charge in [0.15, 0.2) is 0 Å². The van der Waals surface area contributed by atoms with Gasteiger partial charge in [-0.15, -0.1) is 0 Å². The van der Waals surface area contributed by atoms with Crippen LogP contribution in [0.15, 0.2) is 42.5 Å². The molecule has 1 aromatic heterocycles. The van der Waals surface area contributed by atoms with E-state index >= 15 is 0 Å². The molecular formula is C16H16Cl2N2O. The van der Waals surface area contributed by atoms with Crippen LogP contribution in [0, 0.1) is 5.92 Å². The zero-order valence-corrected chi connectivity index (χ0v) is 12.9. The Hall–Kier alpha value is -1.29. The molecule has 1 aliphatic heterocycles. The molecule has 2 aromatic rings. The van der Waals surface area contributed by atoms with E-state index in [0.29, 0.717) is 22.0 Å². The van der Waals surface area contributed by atoms with Crippen molar-refractivity contribution in [3.05, 3.63) is 58.3 Å². The van der Waals surface area contributed by atoms with E-state index in [-0.39, 0.29) is 6.10 Å². The van der Waals surface area contributed by atoms with Gasteiger partial charge in [0.1, 0.15) is 22.2 Å². The van der Waals surface area contributed by atoms with E-state index in [1.165, 1.54) is 0 Å². The lowest BCUT2D eigenvalue weighted by Gasteiger charge is -2.25. The minimum atomic E-state index is -0.0178. The topological polar surface area (TPSA) is 34.1 Å². The summed E-state index contributed by atoms with van der Waals surface area (Å²) in [6.45, 7) is 1.97. The van der Waals surface area contributed by atoms with Crippen LogP contribution in [0.4, 0.5) is 0 Å². The number of halogens is 2. The molecule has 0 bridgehead atoms. The summed E-state index contributed by atoms with van der Waals surface area (Å²) in [5.41, 5.74) is 1.16. The lowest BCUT2D eigenvalue weighted by molar-refractivity contribution is 0.144. The van der Waals surface area contributed by atoms with Crippen molar-refractivity contribution in [2.75, 3.05) is 13.1 Å². The number of pyridine rings is 1. The maximum absolute atomic E-state index is 6.20. The van der Waals surface area contributed by atoms with E-state index in [1.54, 1.807) is 12.1 Å². The number of hydrogen-bond acceptors (Lipinski definition) is 3. The quantitative estimate of drug-likeness (QED) is 0.860. The molecule has 3 rings (SSSR count). The molecule has 1 N–H and O–H groups in total. The largest absolute Gasteiger partial charge is 0.485 e. The molecule has 21 heavy (non-hydrogen) atoms. The van der Waals surface area contributed by atoms with Crippen LogP contribution < -0.4 is 10.1 Å². The first-order valence-corrected chi connectivity index (χ1v) is 7.73. The molecule has 2 heterocycles. The Kier molecular flexibility index (Phi) is 4.63. The molecule has 2 atom stereocenters. The molecule has 1 aliphatic rings. The van der Waals surface area contributed by atoms with Crippen molar-refractivity contribution in [2.24, 2.45) is 5.92 Å². The Morgan fingerprint density at radius 1 is 1.14 bits per heavy atom. The van der Waals surface area contributed by atoms with Gasteiger partial charge in [0, 0.05) is 24.6 Å².